The molecule has 0 saturated heterocycles. The number of amides is 1. The van der Waals surface area contributed by atoms with Crippen molar-refractivity contribution in [3.8, 4) is 0 Å². The summed E-state index contributed by atoms with van der Waals surface area (Å²) in [5.41, 5.74) is 0. The van der Waals surface area contributed by atoms with Crippen LogP contribution in [-0.2, 0) is 4.79 Å². The third-order valence-corrected chi connectivity index (χ3v) is 2.86. The maximum Gasteiger partial charge on any atom is 0.411 e. The van der Waals surface area contributed by atoms with Gasteiger partial charge in [-0.25, -0.2) is 4.79 Å². The van der Waals surface area contributed by atoms with Gasteiger partial charge in [0.2, 0.25) is 0 Å². The highest BCUT2D eigenvalue weighted by molar-refractivity contribution is 5.86. The Balaban J connectivity index is 2.19. The van der Waals surface area contributed by atoms with Crippen LogP contribution in [0.15, 0.2) is 36.4 Å². The van der Waals surface area contributed by atoms with Crippen LogP contribution in [0.3, 0.4) is 0 Å². The second kappa shape index (κ2) is 3.96. The molecule has 0 bridgehead atoms. The lowest BCUT2D eigenvalue weighted by Gasteiger charge is -2.30. The van der Waals surface area contributed by atoms with Crippen molar-refractivity contribution in [3.63, 3.8) is 0 Å². The molecule has 0 unspecified atom stereocenters. The van der Waals surface area contributed by atoms with E-state index in [2.05, 4.69) is 0 Å². The van der Waals surface area contributed by atoms with E-state index in [-0.39, 0.29) is 23.6 Å². The molecule has 2 rings (SSSR count). The van der Waals surface area contributed by atoms with Gasteiger partial charge in [0.25, 0.3) is 0 Å². The minimum Gasteiger partial charge on any atom is -0.860 e. The van der Waals surface area contributed by atoms with Gasteiger partial charge in [-0.3, -0.25) is 0 Å². The number of rotatable bonds is 1. The smallest absolute Gasteiger partial charge is 0.411 e. The predicted octanol–water partition coefficient (Wildman–Crippen LogP) is -0.311. The molecular formula is C12H14N2O2. The molecule has 1 amide bonds. The molecule has 2 atom stereocenters. The van der Waals surface area contributed by atoms with Gasteiger partial charge in [0, 0.05) is 13.0 Å². The largest absolute Gasteiger partial charge is 0.860 e. The van der Waals surface area contributed by atoms with Gasteiger partial charge in [0.05, 0.1) is 12.0 Å². The van der Waals surface area contributed by atoms with Gasteiger partial charge in [0.1, 0.15) is 7.05 Å². The average molecular weight is 218 g/mol. The molecule has 16 heavy (non-hydrogen) atoms. The van der Waals surface area contributed by atoms with Crippen LogP contribution < -0.4 is 5.11 Å². The van der Waals surface area contributed by atoms with Crippen LogP contribution in [0.5, 0.6) is 0 Å². The van der Waals surface area contributed by atoms with Crippen LogP contribution >= 0.6 is 0 Å². The number of nitrogens with zero attached hydrogens (tertiary/aromatic N) is 2. The van der Waals surface area contributed by atoms with Gasteiger partial charge in [-0.1, -0.05) is 18.2 Å². The first kappa shape index (κ1) is 10.7. The van der Waals surface area contributed by atoms with E-state index in [4.69, 9.17) is 0 Å². The third-order valence-electron chi connectivity index (χ3n) is 2.86. The molecule has 0 saturated carbocycles. The molecule has 2 heterocycles. The van der Waals surface area contributed by atoms with Gasteiger partial charge in [0.15, 0.2) is 6.21 Å². The van der Waals surface area contributed by atoms with Crippen molar-refractivity contribution >= 4 is 12.1 Å². The Bertz CT molecular complexity index is 432. The van der Waals surface area contributed by atoms with Crippen molar-refractivity contribution in [3.05, 3.63) is 36.4 Å². The minimum atomic E-state index is -0.0283. The van der Waals surface area contributed by atoms with E-state index < -0.39 is 0 Å². The number of hydrogen-bond acceptors (Lipinski definition) is 3. The van der Waals surface area contributed by atoms with E-state index >= 15 is 0 Å². The van der Waals surface area contributed by atoms with Crippen molar-refractivity contribution in [1.29, 1.82) is 0 Å². The molecule has 84 valence electrons. The number of hydrogen-bond donors (Lipinski definition) is 0. The van der Waals surface area contributed by atoms with Crippen molar-refractivity contribution in [2.45, 2.75) is 0 Å². The predicted molar refractivity (Wildman–Crippen MR) is 58.4 cm³/mol. The average Bonchev–Trinajstić information content (AvgIpc) is 2.26. The zero-order valence-corrected chi connectivity index (χ0v) is 9.33. The first-order chi connectivity index (χ1) is 7.58. The first-order valence-corrected chi connectivity index (χ1v) is 5.18. The Labute approximate surface area is 94.5 Å². The van der Waals surface area contributed by atoms with E-state index in [1.54, 1.807) is 37.0 Å². The van der Waals surface area contributed by atoms with Crippen molar-refractivity contribution in [1.82, 2.24) is 4.90 Å². The maximum atomic E-state index is 11.5. The molecule has 0 fully saturated rings. The number of carbonyl (C=O) groups is 1. The quantitative estimate of drug-likeness (QED) is 0.567. The summed E-state index contributed by atoms with van der Waals surface area (Å²) < 4.78 is 1.55. The number of carbonyl (C=O) groups excluding carboxylic acids is 1. The molecule has 0 aliphatic carbocycles. The van der Waals surface area contributed by atoms with Gasteiger partial charge in [-0.05, 0) is 12.1 Å². The molecule has 0 aromatic rings. The monoisotopic (exact) mass is 218 g/mol. The summed E-state index contributed by atoms with van der Waals surface area (Å²) in [5.74, 6) is 0.0837. The van der Waals surface area contributed by atoms with E-state index in [1.807, 2.05) is 18.4 Å². The number of allylic oxidation sites excluding steroid dienone is 3. The lowest BCUT2D eigenvalue weighted by atomic mass is 9.90. The normalized spacial score (nSPS) is 29.1. The van der Waals surface area contributed by atoms with Gasteiger partial charge in [-0.2, -0.15) is 4.58 Å². The molecule has 0 aromatic carbocycles. The zero-order valence-electron chi connectivity index (χ0n) is 9.33. The molecule has 4 heteroatoms. The van der Waals surface area contributed by atoms with E-state index in [9.17, 15) is 9.90 Å². The fourth-order valence-electron chi connectivity index (χ4n) is 1.80. The van der Waals surface area contributed by atoms with Crippen molar-refractivity contribution in [2.75, 3.05) is 14.1 Å². The summed E-state index contributed by atoms with van der Waals surface area (Å²) >= 11 is 0. The SMILES string of the molecule is CN1C=C[C@H]([C@@H]2C=CC(=O)[N+](C)=C2)C=C1[O-]. The lowest BCUT2D eigenvalue weighted by Crippen LogP contribution is -2.30. The Morgan fingerprint density at radius 3 is 2.75 bits per heavy atom. The van der Waals surface area contributed by atoms with Gasteiger partial charge >= 0.3 is 5.91 Å². The van der Waals surface area contributed by atoms with Crippen LogP contribution in [0, 0.1) is 11.8 Å². The van der Waals surface area contributed by atoms with Crippen LogP contribution in [0.1, 0.15) is 0 Å². The number of likely N-dealkylation sites (N-methyl/N-ethyl adjacent to an activating group) is 1. The topological polar surface area (TPSA) is 46.4 Å². The van der Waals surface area contributed by atoms with Crippen LogP contribution in [0.2, 0.25) is 0 Å². The van der Waals surface area contributed by atoms with Crippen molar-refractivity contribution in [2.24, 2.45) is 11.8 Å². The lowest BCUT2D eigenvalue weighted by molar-refractivity contribution is -0.411. The van der Waals surface area contributed by atoms with E-state index in [1.165, 1.54) is 4.90 Å². The summed E-state index contributed by atoms with van der Waals surface area (Å²) in [6, 6.07) is 0. The Morgan fingerprint density at radius 1 is 1.38 bits per heavy atom. The molecule has 0 N–H and O–H groups in total. The summed E-state index contributed by atoms with van der Waals surface area (Å²) in [7, 11) is 3.45. The maximum absolute atomic E-state index is 11.5. The Morgan fingerprint density at radius 2 is 2.12 bits per heavy atom. The highest BCUT2D eigenvalue weighted by Crippen LogP contribution is 2.22. The van der Waals surface area contributed by atoms with E-state index in [0.717, 1.165) is 0 Å². The minimum absolute atomic E-state index is 0.00569. The van der Waals surface area contributed by atoms with Crippen LogP contribution in [0.25, 0.3) is 0 Å². The summed E-state index contributed by atoms with van der Waals surface area (Å²) in [6.07, 6.45) is 10.6. The fourth-order valence-corrected chi connectivity index (χ4v) is 1.80. The Hall–Kier alpha value is -1.84. The second-order valence-corrected chi connectivity index (χ2v) is 4.07. The van der Waals surface area contributed by atoms with Gasteiger partial charge < -0.3 is 10.0 Å². The Kier molecular flexibility index (Phi) is 2.64. The van der Waals surface area contributed by atoms with Crippen molar-refractivity contribution < 1.29 is 14.5 Å². The third kappa shape index (κ3) is 1.91. The molecular weight excluding hydrogens is 204 g/mol. The molecule has 2 aliphatic heterocycles. The van der Waals surface area contributed by atoms with Gasteiger partial charge in [-0.15, -0.1) is 0 Å². The van der Waals surface area contributed by atoms with Crippen LogP contribution in [0.4, 0.5) is 0 Å². The standard InChI is InChI=1S/C12H14N2O2/c1-13-6-5-9(7-12(13)16)10-3-4-11(15)14(2)8-10/h3-10H,1-2H3/t9-,10+/m0/s1. The second-order valence-electron chi connectivity index (χ2n) is 4.07. The first-order valence-electron chi connectivity index (χ1n) is 5.18. The van der Waals surface area contributed by atoms with Crippen LogP contribution in [-0.4, -0.2) is 35.7 Å². The highest BCUT2D eigenvalue weighted by atomic mass is 16.3. The van der Waals surface area contributed by atoms with E-state index in [0.29, 0.717) is 0 Å². The fraction of sp³-hybridized carbons (Fsp3) is 0.333. The molecule has 0 radical (unpaired) electrons. The highest BCUT2D eigenvalue weighted by Gasteiger charge is 2.24. The summed E-state index contributed by atoms with van der Waals surface area (Å²) in [4.78, 5) is 12.8. The zero-order chi connectivity index (χ0) is 11.7. The summed E-state index contributed by atoms with van der Waals surface area (Å²) in [5, 5.41) is 11.5. The summed E-state index contributed by atoms with van der Waals surface area (Å²) in [6.45, 7) is 0. The molecule has 0 spiro atoms. The molecule has 4 nitrogen and oxygen atoms in total. The molecule has 0 aromatic heterocycles. The molecule has 2 aliphatic rings.